The smallest absolute Gasteiger partial charge is 0.271 e. The van der Waals surface area contributed by atoms with Gasteiger partial charge in [-0.3, -0.25) is 14.9 Å². The minimum atomic E-state index is -0.617. The fourth-order valence-electron chi connectivity index (χ4n) is 1.39. The lowest BCUT2D eigenvalue weighted by molar-refractivity contribution is -0.384. The van der Waals surface area contributed by atoms with E-state index in [0.717, 1.165) is 6.42 Å². The van der Waals surface area contributed by atoms with Crippen LogP contribution in [0.25, 0.3) is 0 Å². The third kappa shape index (κ3) is 4.95. The number of nitrogens with one attached hydrogen (secondary N) is 2. The predicted molar refractivity (Wildman–Crippen MR) is 78.3 cm³/mol. The molecule has 0 aliphatic rings. The van der Waals surface area contributed by atoms with Crippen LogP contribution >= 0.6 is 0 Å². The van der Waals surface area contributed by atoms with Gasteiger partial charge in [0, 0.05) is 30.1 Å². The third-order valence-electron chi connectivity index (χ3n) is 2.80. The van der Waals surface area contributed by atoms with E-state index in [9.17, 15) is 14.9 Å². The van der Waals surface area contributed by atoms with Gasteiger partial charge < -0.3 is 10.6 Å². The van der Waals surface area contributed by atoms with Crippen LogP contribution in [0.2, 0.25) is 0 Å². The van der Waals surface area contributed by atoms with Crippen molar-refractivity contribution in [1.29, 1.82) is 5.26 Å². The molecule has 1 amide bonds. The van der Waals surface area contributed by atoms with Crippen molar-refractivity contribution in [2.45, 2.75) is 26.3 Å². The molecule has 7 heteroatoms. The number of anilines is 1. The maximum atomic E-state index is 11.9. The molecule has 0 saturated carbocycles. The highest BCUT2D eigenvalue weighted by atomic mass is 16.6. The van der Waals surface area contributed by atoms with Crippen molar-refractivity contribution in [1.82, 2.24) is 5.32 Å². The summed E-state index contributed by atoms with van der Waals surface area (Å²) in [5, 5.41) is 25.0. The number of nitrogens with zero attached hydrogens (tertiary/aromatic N) is 2. The lowest BCUT2D eigenvalue weighted by Crippen LogP contribution is -2.22. The quantitative estimate of drug-likeness (QED) is 0.361. The highest BCUT2D eigenvalue weighted by molar-refractivity contribution is 6.06. The zero-order chi connectivity index (χ0) is 15.8. The zero-order valence-corrected chi connectivity index (χ0v) is 11.8. The first-order valence-electron chi connectivity index (χ1n) is 6.40. The van der Waals surface area contributed by atoms with Crippen molar-refractivity contribution in [3.05, 3.63) is 46.2 Å². The van der Waals surface area contributed by atoms with Crippen LogP contribution in [-0.2, 0) is 4.79 Å². The standard InChI is InChI=1S/C14H16N4O3/c1-3-10(2)16-9-11(8-15)14(19)17-12-5-4-6-13(7-12)18(20)21/h4-7,9-10,16H,3H2,1-2H3,(H,17,19)/b11-9-. The first kappa shape index (κ1) is 16.2. The van der Waals surface area contributed by atoms with Crippen LogP contribution in [0.3, 0.4) is 0 Å². The summed E-state index contributed by atoms with van der Waals surface area (Å²) in [4.78, 5) is 22.0. The van der Waals surface area contributed by atoms with Crippen LogP contribution in [0, 0.1) is 21.4 Å². The Bertz CT molecular complexity index is 604. The molecule has 21 heavy (non-hydrogen) atoms. The fourth-order valence-corrected chi connectivity index (χ4v) is 1.39. The minimum Gasteiger partial charge on any atom is -0.387 e. The Morgan fingerprint density at radius 3 is 2.86 bits per heavy atom. The van der Waals surface area contributed by atoms with E-state index in [1.807, 2.05) is 13.8 Å². The maximum Gasteiger partial charge on any atom is 0.271 e. The third-order valence-corrected chi connectivity index (χ3v) is 2.80. The fraction of sp³-hybridized carbons (Fsp3) is 0.286. The van der Waals surface area contributed by atoms with E-state index >= 15 is 0 Å². The Hall–Kier alpha value is -2.88. The molecule has 0 heterocycles. The van der Waals surface area contributed by atoms with Gasteiger partial charge in [0.25, 0.3) is 11.6 Å². The number of hydrogen-bond donors (Lipinski definition) is 2. The Morgan fingerprint density at radius 2 is 2.29 bits per heavy atom. The lowest BCUT2D eigenvalue weighted by atomic mass is 10.2. The van der Waals surface area contributed by atoms with Crippen molar-refractivity contribution in [3.63, 3.8) is 0 Å². The maximum absolute atomic E-state index is 11.9. The summed E-state index contributed by atoms with van der Waals surface area (Å²) in [6.45, 7) is 3.89. The summed E-state index contributed by atoms with van der Waals surface area (Å²) in [5.74, 6) is -0.617. The Labute approximate surface area is 122 Å². The van der Waals surface area contributed by atoms with Crippen LogP contribution in [0.1, 0.15) is 20.3 Å². The largest absolute Gasteiger partial charge is 0.387 e. The average Bonchev–Trinajstić information content (AvgIpc) is 2.47. The summed E-state index contributed by atoms with van der Waals surface area (Å²) in [6, 6.07) is 7.46. The molecule has 2 N–H and O–H groups in total. The van der Waals surface area contributed by atoms with Gasteiger partial charge in [-0.1, -0.05) is 13.0 Å². The molecule has 1 rings (SSSR count). The predicted octanol–water partition coefficient (Wildman–Crippen LogP) is 2.33. The first-order chi connectivity index (χ1) is 9.97. The molecule has 110 valence electrons. The Morgan fingerprint density at radius 1 is 1.57 bits per heavy atom. The van der Waals surface area contributed by atoms with Crippen LogP contribution in [0.15, 0.2) is 36.0 Å². The monoisotopic (exact) mass is 288 g/mol. The molecule has 0 radical (unpaired) electrons. The second-order valence-electron chi connectivity index (χ2n) is 4.41. The summed E-state index contributed by atoms with van der Waals surface area (Å²) >= 11 is 0. The van der Waals surface area contributed by atoms with Gasteiger partial charge in [-0.2, -0.15) is 5.26 Å². The zero-order valence-electron chi connectivity index (χ0n) is 11.8. The van der Waals surface area contributed by atoms with E-state index in [0.29, 0.717) is 0 Å². The van der Waals surface area contributed by atoms with Crippen LogP contribution in [0.5, 0.6) is 0 Å². The Kier molecular flexibility index (Phi) is 5.89. The van der Waals surface area contributed by atoms with Crippen LogP contribution in [-0.4, -0.2) is 16.9 Å². The van der Waals surface area contributed by atoms with Gasteiger partial charge in [0.2, 0.25) is 0 Å². The van der Waals surface area contributed by atoms with Crippen LogP contribution < -0.4 is 10.6 Å². The van der Waals surface area contributed by atoms with E-state index < -0.39 is 10.8 Å². The van der Waals surface area contributed by atoms with Crippen molar-refractivity contribution in [3.8, 4) is 6.07 Å². The topological polar surface area (TPSA) is 108 Å². The first-order valence-corrected chi connectivity index (χ1v) is 6.40. The number of hydrogen-bond acceptors (Lipinski definition) is 5. The number of non-ortho nitro benzene ring substituents is 1. The summed E-state index contributed by atoms with van der Waals surface area (Å²) < 4.78 is 0. The lowest BCUT2D eigenvalue weighted by Gasteiger charge is -2.09. The molecule has 1 aromatic carbocycles. The molecule has 1 atom stereocenters. The molecule has 0 fully saturated rings. The molecule has 1 aromatic rings. The number of nitro benzene ring substituents is 1. The number of carbonyl (C=O) groups is 1. The second kappa shape index (κ2) is 7.65. The molecule has 0 aromatic heterocycles. The molecule has 1 unspecified atom stereocenters. The molecular formula is C14H16N4O3. The van der Waals surface area contributed by atoms with Crippen molar-refractivity contribution < 1.29 is 9.72 Å². The number of benzene rings is 1. The van der Waals surface area contributed by atoms with Crippen molar-refractivity contribution in [2.24, 2.45) is 0 Å². The SMILES string of the molecule is CCC(C)N/C=C(/C#N)C(=O)Nc1cccc([N+](=O)[O-])c1. The molecular weight excluding hydrogens is 272 g/mol. The molecule has 7 nitrogen and oxygen atoms in total. The molecule has 0 saturated heterocycles. The molecule has 0 aliphatic carbocycles. The minimum absolute atomic E-state index is 0.0955. The summed E-state index contributed by atoms with van der Waals surface area (Å²) in [5.41, 5.74) is 0.0358. The van der Waals surface area contributed by atoms with Gasteiger partial charge in [-0.15, -0.1) is 0 Å². The van der Waals surface area contributed by atoms with Crippen LogP contribution in [0.4, 0.5) is 11.4 Å². The van der Waals surface area contributed by atoms with Gasteiger partial charge in [0.05, 0.1) is 4.92 Å². The van der Waals surface area contributed by atoms with E-state index in [1.54, 1.807) is 6.07 Å². The van der Waals surface area contributed by atoms with E-state index in [2.05, 4.69) is 10.6 Å². The number of nitriles is 1. The second-order valence-corrected chi connectivity index (χ2v) is 4.41. The summed E-state index contributed by atoms with van der Waals surface area (Å²) in [6.07, 6.45) is 2.20. The van der Waals surface area contributed by atoms with Gasteiger partial charge in [0.15, 0.2) is 0 Å². The van der Waals surface area contributed by atoms with Gasteiger partial charge >= 0.3 is 0 Å². The van der Waals surface area contributed by atoms with Gasteiger partial charge in [-0.05, 0) is 19.4 Å². The molecule has 0 aliphatic heterocycles. The van der Waals surface area contributed by atoms with E-state index in [4.69, 9.17) is 5.26 Å². The molecule has 0 bridgehead atoms. The van der Waals surface area contributed by atoms with E-state index in [1.165, 1.54) is 30.5 Å². The van der Waals surface area contributed by atoms with Crippen molar-refractivity contribution >= 4 is 17.3 Å². The van der Waals surface area contributed by atoms with Gasteiger partial charge in [-0.25, -0.2) is 0 Å². The number of rotatable bonds is 6. The van der Waals surface area contributed by atoms with E-state index in [-0.39, 0.29) is 23.0 Å². The average molecular weight is 288 g/mol. The highest BCUT2D eigenvalue weighted by Crippen LogP contribution is 2.17. The number of amides is 1. The number of nitro groups is 1. The normalized spacial score (nSPS) is 12.1. The molecule has 0 spiro atoms. The summed E-state index contributed by atoms with van der Waals surface area (Å²) in [7, 11) is 0. The van der Waals surface area contributed by atoms with Gasteiger partial charge in [0.1, 0.15) is 11.6 Å². The van der Waals surface area contributed by atoms with Crippen molar-refractivity contribution in [2.75, 3.05) is 5.32 Å². The Balaban J connectivity index is 2.81. The number of carbonyl (C=O) groups excluding carboxylic acids is 1. The highest BCUT2D eigenvalue weighted by Gasteiger charge is 2.12.